The topological polar surface area (TPSA) is 109 Å². The standard InChI is InChI=1S/C27H22ClNO8S2/c1-13-17(8-14-4-7-18-19(9-14)37-12-36-18)22(26(31)34-3)25(38-13)29-21(30)11-35-27(32)24-23(28)16-6-5-15(33-2)10-20(16)39-24/h4-7,9-10H,8,11-12H2,1-3H3,(H,29,30). The third-order valence-corrected chi connectivity index (χ3v) is 8.73. The van der Waals surface area contributed by atoms with Gasteiger partial charge in [-0.2, -0.15) is 0 Å². The maximum atomic E-state index is 12.7. The van der Waals surface area contributed by atoms with E-state index in [1.807, 2.05) is 25.1 Å². The fourth-order valence-corrected chi connectivity index (χ4v) is 6.62. The van der Waals surface area contributed by atoms with Crippen LogP contribution in [0.5, 0.6) is 17.2 Å². The van der Waals surface area contributed by atoms with E-state index in [1.165, 1.54) is 18.4 Å². The van der Waals surface area contributed by atoms with E-state index in [9.17, 15) is 14.4 Å². The third-order valence-electron chi connectivity index (χ3n) is 6.03. The molecule has 0 saturated heterocycles. The van der Waals surface area contributed by atoms with Crippen LogP contribution in [-0.4, -0.2) is 45.5 Å². The van der Waals surface area contributed by atoms with Gasteiger partial charge < -0.3 is 29.0 Å². The van der Waals surface area contributed by atoms with Crippen LogP contribution in [0.3, 0.4) is 0 Å². The number of ether oxygens (including phenoxy) is 5. The first kappa shape index (κ1) is 26.8. The van der Waals surface area contributed by atoms with E-state index in [4.69, 9.17) is 35.3 Å². The van der Waals surface area contributed by atoms with Crippen molar-refractivity contribution >= 4 is 67.2 Å². The summed E-state index contributed by atoms with van der Waals surface area (Å²) in [5.74, 6) is -0.000793. The molecule has 202 valence electrons. The van der Waals surface area contributed by atoms with Crippen molar-refractivity contribution in [3.8, 4) is 17.2 Å². The van der Waals surface area contributed by atoms with Crippen molar-refractivity contribution in [3.63, 3.8) is 0 Å². The van der Waals surface area contributed by atoms with Crippen molar-refractivity contribution in [2.24, 2.45) is 0 Å². The molecule has 0 spiro atoms. The van der Waals surface area contributed by atoms with Crippen molar-refractivity contribution in [2.45, 2.75) is 13.3 Å². The molecule has 0 fully saturated rings. The van der Waals surface area contributed by atoms with Gasteiger partial charge in [-0.1, -0.05) is 17.7 Å². The van der Waals surface area contributed by atoms with Gasteiger partial charge in [-0.25, -0.2) is 9.59 Å². The maximum Gasteiger partial charge on any atom is 0.350 e. The summed E-state index contributed by atoms with van der Waals surface area (Å²) in [4.78, 5) is 39.2. The van der Waals surface area contributed by atoms with E-state index >= 15 is 0 Å². The van der Waals surface area contributed by atoms with Crippen LogP contribution in [0, 0.1) is 6.92 Å². The summed E-state index contributed by atoms with van der Waals surface area (Å²) in [6, 6.07) is 10.8. The van der Waals surface area contributed by atoms with Crippen molar-refractivity contribution in [3.05, 3.63) is 67.9 Å². The highest BCUT2D eigenvalue weighted by atomic mass is 35.5. The van der Waals surface area contributed by atoms with Crippen LogP contribution in [0.4, 0.5) is 5.00 Å². The molecule has 2 aromatic heterocycles. The van der Waals surface area contributed by atoms with Crippen LogP contribution in [0.15, 0.2) is 36.4 Å². The molecule has 1 aliphatic heterocycles. The first-order valence-electron chi connectivity index (χ1n) is 11.6. The summed E-state index contributed by atoms with van der Waals surface area (Å²) in [7, 11) is 2.82. The molecule has 1 amide bonds. The second kappa shape index (κ2) is 11.1. The van der Waals surface area contributed by atoms with Gasteiger partial charge in [0.2, 0.25) is 6.79 Å². The number of methoxy groups -OCH3 is 2. The molecule has 0 radical (unpaired) electrons. The predicted octanol–water partition coefficient (Wildman–Crippen LogP) is 5.83. The molecule has 0 atom stereocenters. The number of carbonyl (C=O) groups excluding carboxylic acids is 3. The zero-order chi connectivity index (χ0) is 27.7. The second-order valence-electron chi connectivity index (χ2n) is 8.43. The second-order valence-corrected chi connectivity index (χ2v) is 11.1. The Balaban J connectivity index is 1.30. The minimum absolute atomic E-state index is 0.161. The highest BCUT2D eigenvalue weighted by Gasteiger charge is 2.26. The molecule has 0 saturated carbocycles. The molecule has 1 N–H and O–H groups in total. The van der Waals surface area contributed by atoms with Gasteiger partial charge in [0, 0.05) is 15.0 Å². The van der Waals surface area contributed by atoms with Gasteiger partial charge in [0.25, 0.3) is 5.91 Å². The fraction of sp³-hybridized carbons (Fsp3) is 0.222. The van der Waals surface area contributed by atoms with Gasteiger partial charge in [0.1, 0.15) is 15.6 Å². The molecule has 0 unspecified atom stereocenters. The molecule has 39 heavy (non-hydrogen) atoms. The number of carbonyl (C=O) groups is 3. The van der Waals surface area contributed by atoms with E-state index in [2.05, 4.69) is 5.32 Å². The summed E-state index contributed by atoms with van der Waals surface area (Å²) in [5.41, 5.74) is 1.86. The predicted molar refractivity (Wildman–Crippen MR) is 148 cm³/mol. The van der Waals surface area contributed by atoms with E-state index < -0.39 is 24.5 Å². The maximum absolute atomic E-state index is 12.7. The Bertz CT molecular complexity index is 1610. The monoisotopic (exact) mass is 587 g/mol. The van der Waals surface area contributed by atoms with Crippen molar-refractivity contribution < 1.29 is 38.1 Å². The number of aryl methyl sites for hydroxylation is 1. The lowest BCUT2D eigenvalue weighted by Crippen LogP contribution is -2.21. The molecule has 1 aliphatic rings. The van der Waals surface area contributed by atoms with Crippen LogP contribution in [-0.2, 0) is 20.7 Å². The number of esters is 2. The Morgan fingerprint density at radius 2 is 1.82 bits per heavy atom. The lowest BCUT2D eigenvalue weighted by atomic mass is 10.0. The van der Waals surface area contributed by atoms with Crippen LogP contribution in [0.1, 0.15) is 36.0 Å². The Hall–Kier alpha value is -3.80. The van der Waals surface area contributed by atoms with Crippen LogP contribution in [0.2, 0.25) is 5.02 Å². The van der Waals surface area contributed by atoms with E-state index in [0.717, 1.165) is 26.5 Å². The lowest BCUT2D eigenvalue weighted by molar-refractivity contribution is -0.119. The smallest absolute Gasteiger partial charge is 0.350 e. The SMILES string of the molecule is COC(=O)c1c(NC(=O)COC(=O)c2sc3cc(OC)ccc3c2Cl)sc(C)c1Cc1ccc2c(c1)OCO2. The summed E-state index contributed by atoms with van der Waals surface area (Å²) in [6.07, 6.45) is 0.406. The number of benzene rings is 2. The van der Waals surface area contributed by atoms with E-state index in [0.29, 0.717) is 39.6 Å². The normalized spacial score (nSPS) is 11.9. The van der Waals surface area contributed by atoms with Crippen molar-refractivity contribution in [1.82, 2.24) is 0 Å². The molecule has 5 rings (SSSR count). The highest BCUT2D eigenvalue weighted by Crippen LogP contribution is 2.39. The van der Waals surface area contributed by atoms with Crippen molar-refractivity contribution in [2.75, 3.05) is 32.9 Å². The van der Waals surface area contributed by atoms with Gasteiger partial charge in [-0.3, -0.25) is 4.79 Å². The number of hydrogen-bond donors (Lipinski definition) is 1. The Labute approximate surface area is 236 Å². The van der Waals surface area contributed by atoms with Crippen LogP contribution >= 0.6 is 34.3 Å². The van der Waals surface area contributed by atoms with Gasteiger partial charge in [-0.15, -0.1) is 22.7 Å². The lowest BCUT2D eigenvalue weighted by Gasteiger charge is -2.09. The summed E-state index contributed by atoms with van der Waals surface area (Å²) in [5, 5.41) is 3.93. The van der Waals surface area contributed by atoms with Gasteiger partial charge >= 0.3 is 11.9 Å². The summed E-state index contributed by atoms with van der Waals surface area (Å²) < 4.78 is 27.0. The minimum atomic E-state index is -0.727. The van der Waals surface area contributed by atoms with E-state index in [1.54, 1.807) is 25.3 Å². The van der Waals surface area contributed by atoms with Crippen molar-refractivity contribution in [1.29, 1.82) is 0 Å². The number of amides is 1. The van der Waals surface area contributed by atoms with Crippen LogP contribution in [0.25, 0.3) is 10.1 Å². The molecule has 0 bridgehead atoms. The minimum Gasteiger partial charge on any atom is -0.497 e. The number of hydrogen-bond acceptors (Lipinski definition) is 10. The first-order valence-corrected chi connectivity index (χ1v) is 13.6. The molecule has 4 aromatic rings. The Morgan fingerprint density at radius 1 is 1.03 bits per heavy atom. The van der Waals surface area contributed by atoms with Crippen LogP contribution < -0.4 is 19.5 Å². The summed E-state index contributed by atoms with van der Waals surface area (Å²) in [6.45, 7) is 1.45. The number of thiophene rings is 2. The molecule has 9 nitrogen and oxygen atoms in total. The Morgan fingerprint density at radius 3 is 2.59 bits per heavy atom. The number of anilines is 1. The zero-order valence-electron chi connectivity index (χ0n) is 21.0. The molecule has 0 aliphatic carbocycles. The first-order chi connectivity index (χ1) is 18.8. The number of nitrogens with one attached hydrogen (secondary N) is 1. The summed E-state index contributed by atoms with van der Waals surface area (Å²) >= 11 is 8.77. The quantitative estimate of drug-likeness (QED) is 0.256. The van der Waals surface area contributed by atoms with E-state index in [-0.39, 0.29) is 22.3 Å². The molecular formula is C27H22ClNO8S2. The largest absolute Gasteiger partial charge is 0.497 e. The number of fused-ring (bicyclic) bond motifs is 2. The molecule has 3 heterocycles. The molecular weight excluding hydrogens is 566 g/mol. The average Bonchev–Trinajstić information content (AvgIpc) is 3.62. The Kier molecular flexibility index (Phi) is 7.65. The van der Waals surface area contributed by atoms with Gasteiger partial charge in [0.05, 0.1) is 24.8 Å². The number of rotatable bonds is 8. The number of halogens is 1. The average molecular weight is 588 g/mol. The fourth-order valence-electron chi connectivity index (χ4n) is 4.12. The zero-order valence-corrected chi connectivity index (χ0v) is 23.4. The molecule has 2 aromatic carbocycles. The third kappa shape index (κ3) is 5.38. The highest BCUT2D eigenvalue weighted by molar-refractivity contribution is 7.21. The van der Waals surface area contributed by atoms with Gasteiger partial charge in [0.15, 0.2) is 18.1 Å². The molecule has 12 heteroatoms. The van der Waals surface area contributed by atoms with Gasteiger partial charge in [-0.05, 0) is 54.8 Å².